The minimum absolute atomic E-state index is 0.107. The Morgan fingerprint density at radius 1 is 1.17 bits per heavy atom. The fraction of sp³-hybridized carbons (Fsp3) is 0.471. The van der Waals surface area contributed by atoms with Gasteiger partial charge in [-0.2, -0.15) is 0 Å². The lowest BCUT2D eigenvalue weighted by Gasteiger charge is -2.22. The molecule has 1 aromatic carbocycles. The third-order valence-electron chi connectivity index (χ3n) is 3.34. The van der Waals surface area contributed by atoms with E-state index in [1.165, 1.54) is 6.92 Å². The predicted molar refractivity (Wildman–Crippen MR) is 91.8 cm³/mol. The van der Waals surface area contributed by atoms with E-state index in [1.807, 2.05) is 13.8 Å². The first-order valence-electron chi connectivity index (χ1n) is 7.73. The van der Waals surface area contributed by atoms with Crippen molar-refractivity contribution >= 4 is 29.4 Å². The van der Waals surface area contributed by atoms with Crippen LogP contribution >= 0.6 is 11.6 Å². The highest BCUT2D eigenvalue weighted by Crippen LogP contribution is 2.13. The number of halogens is 1. The molecule has 1 rings (SSSR count). The second-order valence-corrected chi connectivity index (χ2v) is 6.55. The van der Waals surface area contributed by atoms with Crippen LogP contribution < -0.4 is 10.6 Å². The molecule has 6 nitrogen and oxygen atoms in total. The minimum atomic E-state index is -1.14. The molecule has 132 valence electrons. The van der Waals surface area contributed by atoms with Gasteiger partial charge >= 0.3 is 5.97 Å². The van der Waals surface area contributed by atoms with E-state index in [4.69, 9.17) is 11.6 Å². The monoisotopic (exact) mass is 354 g/mol. The van der Waals surface area contributed by atoms with Gasteiger partial charge in [-0.1, -0.05) is 37.6 Å². The highest BCUT2D eigenvalue weighted by atomic mass is 35.5. The lowest BCUT2D eigenvalue weighted by atomic mass is 10.0. The zero-order chi connectivity index (χ0) is 18.3. The van der Waals surface area contributed by atoms with E-state index in [1.54, 1.807) is 24.3 Å². The number of carboxylic acids is 1. The van der Waals surface area contributed by atoms with E-state index >= 15 is 0 Å². The number of nitrogens with one attached hydrogen (secondary N) is 2. The Balaban J connectivity index is 2.83. The average Bonchev–Trinajstić information content (AvgIpc) is 2.44. The fourth-order valence-corrected chi connectivity index (χ4v) is 2.53. The van der Waals surface area contributed by atoms with Gasteiger partial charge in [-0.25, -0.2) is 4.79 Å². The molecule has 0 aliphatic heterocycles. The third kappa shape index (κ3) is 7.00. The number of amides is 2. The van der Waals surface area contributed by atoms with E-state index in [0.29, 0.717) is 17.0 Å². The molecule has 3 N–H and O–H groups in total. The molecule has 0 spiro atoms. The van der Waals surface area contributed by atoms with E-state index in [2.05, 4.69) is 10.6 Å². The van der Waals surface area contributed by atoms with Crippen molar-refractivity contribution in [1.82, 2.24) is 10.6 Å². The molecule has 0 heterocycles. The van der Waals surface area contributed by atoms with E-state index in [-0.39, 0.29) is 18.2 Å². The molecule has 0 bridgehead atoms. The summed E-state index contributed by atoms with van der Waals surface area (Å²) in [5, 5.41) is 14.9. The van der Waals surface area contributed by atoms with Gasteiger partial charge in [-0.3, -0.25) is 9.59 Å². The van der Waals surface area contributed by atoms with Gasteiger partial charge < -0.3 is 15.7 Å². The van der Waals surface area contributed by atoms with Gasteiger partial charge in [-0.05, 0) is 30.0 Å². The van der Waals surface area contributed by atoms with Crippen LogP contribution in [0.3, 0.4) is 0 Å². The van der Waals surface area contributed by atoms with Crippen LogP contribution in [0.4, 0.5) is 0 Å². The molecule has 0 fully saturated rings. The van der Waals surface area contributed by atoms with Gasteiger partial charge in [0.2, 0.25) is 11.8 Å². The summed E-state index contributed by atoms with van der Waals surface area (Å²) in [6.45, 7) is 5.16. The topological polar surface area (TPSA) is 95.5 Å². The summed E-state index contributed by atoms with van der Waals surface area (Å²) in [5.74, 6) is -1.82. The third-order valence-corrected chi connectivity index (χ3v) is 3.58. The van der Waals surface area contributed by atoms with Gasteiger partial charge in [0.15, 0.2) is 0 Å². The first kappa shape index (κ1) is 20.0. The van der Waals surface area contributed by atoms with Crippen LogP contribution in [0.1, 0.15) is 32.8 Å². The van der Waals surface area contributed by atoms with Crippen LogP contribution in [0.5, 0.6) is 0 Å². The minimum Gasteiger partial charge on any atom is -0.480 e. The van der Waals surface area contributed by atoms with Crippen molar-refractivity contribution in [3.05, 3.63) is 34.9 Å². The van der Waals surface area contributed by atoms with Gasteiger partial charge in [-0.15, -0.1) is 0 Å². The molecule has 2 atom stereocenters. The van der Waals surface area contributed by atoms with Crippen LogP contribution in [-0.2, 0) is 20.8 Å². The molecule has 24 heavy (non-hydrogen) atoms. The standard InChI is InChI=1S/C17H23ClN2O4/c1-10(2)7-14(19-11(3)21)16(22)20-15(17(23)24)9-12-5-4-6-13(18)8-12/h4-6,8,10,14-15H,7,9H2,1-3H3,(H,19,21)(H,20,22)(H,23,24)/t14-,15-/m0/s1. The second kappa shape index (κ2) is 9.27. The molecule has 0 aliphatic carbocycles. The van der Waals surface area contributed by atoms with E-state index in [9.17, 15) is 19.5 Å². The number of benzene rings is 1. The summed E-state index contributed by atoms with van der Waals surface area (Å²) < 4.78 is 0. The molecule has 0 aromatic heterocycles. The van der Waals surface area contributed by atoms with Crippen molar-refractivity contribution in [3.8, 4) is 0 Å². The Bertz CT molecular complexity index is 604. The number of carbonyl (C=O) groups is 3. The maximum atomic E-state index is 12.4. The first-order valence-corrected chi connectivity index (χ1v) is 8.11. The Labute approximate surface area is 146 Å². The van der Waals surface area contributed by atoms with Crippen molar-refractivity contribution in [2.24, 2.45) is 5.92 Å². The Hall–Kier alpha value is -2.08. The highest BCUT2D eigenvalue weighted by molar-refractivity contribution is 6.30. The number of hydrogen-bond donors (Lipinski definition) is 3. The van der Waals surface area contributed by atoms with Crippen LogP contribution in [0.25, 0.3) is 0 Å². The van der Waals surface area contributed by atoms with Crippen LogP contribution in [-0.4, -0.2) is 35.0 Å². The average molecular weight is 355 g/mol. The molecule has 0 aliphatic rings. The number of hydrogen-bond acceptors (Lipinski definition) is 3. The smallest absolute Gasteiger partial charge is 0.326 e. The summed E-state index contributed by atoms with van der Waals surface area (Å²) in [5.41, 5.74) is 0.704. The van der Waals surface area contributed by atoms with E-state index in [0.717, 1.165) is 0 Å². The summed E-state index contributed by atoms with van der Waals surface area (Å²) >= 11 is 5.90. The van der Waals surface area contributed by atoms with Gasteiger partial charge in [0.25, 0.3) is 0 Å². The molecule has 1 aromatic rings. The number of carboxylic acid groups (broad SMARTS) is 1. The largest absolute Gasteiger partial charge is 0.480 e. The lowest BCUT2D eigenvalue weighted by Crippen LogP contribution is -2.52. The molecule has 0 unspecified atom stereocenters. The van der Waals surface area contributed by atoms with Crippen molar-refractivity contribution in [1.29, 1.82) is 0 Å². The Morgan fingerprint density at radius 3 is 2.33 bits per heavy atom. The van der Waals surface area contributed by atoms with Gasteiger partial charge in [0, 0.05) is 18.4 Å². The summed E-state index contributed by atoms with van der Waals surface area (Å²) in [4.78, 5) is 35.1. The summed E-state index contributed by atoms with van der Waals surface area (Å²) in [6.07, 6.45) is 0.533. The van der Waals surface area contributed by atoms with Gasteiger partial charge in [0.05, 0.1) is 0 Å². The quantitative estimate of drug-likeness (QED) is 0.665. The summed E-state index contributed by atoms with van der Waals surface area (Å²) in [7, 11) is 0. The SMILES string of the molecule is CC(=O)N[C@@H](CC(C)C)C(=O)N[C@@H](Cc1cccc(Cl)c1)C(=O)O. The van der Waals surface area contributed by atoms with Gasteiger partial charge in [0.1, 0.15) is 12.1 Å². The molecular formula is C17H23ClN2O4. The lowest BCUT2D eigenvalue weighted by molar-refractivity contribution is -0.142. The normalized spacial score (nSPS) is 13.2. The fourth-order valence-electron chi connectivity index (χ4n) is 2.32. The van der Waals surface area contributed by atoms with Crippen LogP contribution in [0.15, 0.2) is 24.3 Å². The zero-order valence-electron chi connectivity index (χ0n) is 14.0. The Kier molecular flexibility index (Phi) is 7.71. The molecule has 0 radical (unpaired) electrons. The highest BCUT2D eigenvalue weighted by Gasteiger charge is 2.26. The van der Waals surface area contributed by atoms with Crippen molar-refractivity contribution < 1.29 is 19.5 Å². The Morgan fingerprint density at radius 2 is 1.83 bits per heavy atom. The maximum Gasteiger partial charge on any atom is 0.326 e. The second-order valence-electron chi connectivity index (χ2n) is 6.12. The zero-order valence-corrected chi connectivity index (χ0v) is 14.8. The van der Waals surface area contributed by atoms with Crippen LogP contribution in [0, 0.1) is 5.92 Å². The maximum absolute atomic E-state index is 12.4. The van der Waals surface area contributed by atoms with Crippen LogP contribution in [0.2, 0.25) is 5.02 Å². The molecule has 7 heteroatoms. The first-order chi connectivity index (χ1) is 11.2. The summed E-state index contributed by atoms with van der Waals surface area (Å²) in [6, 6.07) is 4.95. The number of rotatable bonds is 8. The molecular weight excluding hydrogens is 332 g/mol. The number of aliphatic carboxylic acids is 1. The van der Waals surface area contributed by atoms with Crippen molar-refractivity contribution in [2.75, 3.05) is 0 Å². The molecule has 2 amide bonds. The molecule has 0 saturated carbocycles. The van der Waals surface area contributed by atoms with E-state index < -0.39 is 24.0 Å². The van der Waals surface area contributed by atoms with Crippen molar-refractivity contribution in [2.45, 2.75) is 45.7 Å². The number of carbonyl (C=O) groups excluding carboxylic acids is 2. The predicted octanol–water partition coefficient (Wildman–Crippen LogP) is 2.00. The molecule has 0 saturated heterocycles. The van der Waals surface area contributed by atoms with Crippen molar-refractivity contribution in [3.63, 3.8) is 0 Å².